The van der Waals surface area contributed by atoms with Crippen LogP contribution in [0.1, 0.15) is 5.56 Å². The highest BCUT2D eigenvalue weighted by Gasteiger charge is 2.03. The van der Waals surface area contributed by atoms with Gasteiger partial charge in [-0.3, -0.25) is 0 Å². The molecule has 4 aromatic rings. The minimum Gasteiger partial charge on any atom is -0.248 e. The van der Waals surface area contributed by atoms with Gasteiger partial charge in [-0.05, 0) is 52.9 Å². The average molecular weight is 426 g/mol. The first-order valence-corrected chi connectivity index (χ1v) is 10.9. The Bertz CT molecular complexity index is 1150. The summed E-state index contributed by atoms with van der Waals surface area (Å²) in [7, 11) is 0. The van der Waals surface area contributed by atoms with Gasteiger partial charge < -0.3 is 0 Å². The minimum absolute atomic E-state index is 0.739. The number of rotatable bonds is 6. The van der Waals surface area contributed by atoms with Crippen molar-refractivity contribution in [2.45, 2.75) is 4.90 Å². The van der Waals surface area contributed by atoms with Crippen molar-refractivity contribution >= 4 is 34.8 Å². The summed E-state index contributed by atoms with van der Waals surface area (Å²) in [5.74, 6) is 0. The van der Waals surface area contributed by atoms with E-state index < -0.39 is 0 Å². The van der Waals surface area contributed by atoms with Crippen LogP contribution in [0, 0.1) is 0 Å². The fourth-order valence-corrected chi connectivity index (χ4v) is 3.98. The Kier molecular flexibility index (Phi) is 6.81. The summed E-state index contributed by atoms with van der Waals surface area (Å²) < 4.78 is 0. The number of halogens is 1. The van der Waals surface area contributed by atoms with Gasteiger partial charge in [-0.15, -0.1) is 0 Å². The van der Waals surface area contributed by atoms with Crippen LogP contribution < -0.4 is 0 Å². The molecule has 0 bridgehead atoms. The lowest BCUT2D eigenvalue weighted by Gasteiger charge is -2.06. The standard InChI is InChI=1S/C27H20ClNS/c28-24-10-7-13-26(20-24)30-19-18-27(29-25-11-5-2-6-12-25)23-16-14-22(15-17-23)21-8-3-1-4-9-21/h1-20H. The predicted octanol–water partition coefficient (Wildman–Crippen LogP) is 8.43. The highest BCUT2D eigenvalue weighted by atomic mass is 35.5. The largest absolute Gasteiger partial charge is 0.248 e. The fourth-order valence-electron chi connectivity index (χ4n) is 3.02. The lowest BCUT2D eigenvalue weighted by atomic mass is 10.0. The van der Waals surface area contributed by atoms with Crippen LogP contribution in [0.15, 0.2) is 131 Å². The normalized spacial score (nSPS) is 11.7. The van der Waals surface area contributed by atoms with Crippen LogP contribution in [-0.2, 0) is 0 Å². The van der Waals surface area contributed by atoms with Crippen LogP contribution >= 0.6 is 23.4 Å². The first kappa shape index (κ1) is 20.2. The molecule has 0 spiro atoms. The van der Waals surface area contributed by atoms with Crippen LogP contribution in [0.25, 0.3) is 11.1 Å². The highest BCUT2D eigenvalue weighted by Crippen LogP contribution is 2.24. The summed E-state index contributed by atoms with van der Waals surface area (Å²) in [5.41, 5.74) is 5.31. The summed E-state index contributed by atoms with van der Waals surface area (Å²) in [6.45, 7) is 0. The molecule has 0 aromatic heterocycles. The molecule has 0 aliphatic rings. The summed E-state index contributed by atoms with van der Waals surface area (Å²) in [6, 6.07) is 36.8. The SMILES string of the molecule is Clc1cccc(SC=CC(=Nc2ccccc2)c2ccc(-c3ccccc3)cc2)c1. The number of nitrogens with zero attached hydrogens (tertiary/aromatic N) is 1. The van der Waals surface area contributed by atoms with E-state index >= 15 is 0 Å². The molecule has 0 heterocycles. The second-order valence-electron chi connectivity index (χ2n) is 6.65. The molecule has 0 amide bonds. The monoisotopic (exact) mass is 425 g/mol. The van der Waals surface area contributed by atoms with Crippen molar-refractivity contribution < 1.29 is 0 Å². The number of hydrogen-bond donors (Lipinski definition) is 0. The van der Waals surface area contributed by atoms with Crippen LogP contribution in [0.4, 0.5) is 5.69 Å². The molecule has 0 aliphatic carbocycles. The Hall–Kier alpha value is -3.07. The molecule has 146 valence electrons. The summed E-state index contributed by atoms with van der Waals surface area (Å²) in [5, 5.41) is 2.79. The van der Waals surface area contributed by atoms with E-state index in [-0.39, 0.29) is 0 Å². The number of aliphatic imine (C=N–C) groups is 1. The molecule has 3 heteroatoms. The third-order valence-electron chi connectivity index (χ3n) is 4.52. The minimum atomic E-state index is 0.739. The van der Waals surface area contributed by atoms with E-state index in [2.05, 4.69) is 60.0 Å². The molecule has 4 aromatic carbocycles. The topological polar surface area (TPSA) is 12.4 Å². The molecule has 0 saturated heterocycles. The van der Waals surface area contributed by atoms with Crippen LogP contribution in [-0.4, -0.2) is 5.71 Å². The number of allylic oxidation sites excluding steroid dienone is 1. The van der Waals surface area contributed by atoms with Crippen molar-refractivity contribution in [3.05, 3.63) is 131 Å². The van der Waals surface area contributed by atoms with Crippen molar-refractivity contribution in [3.8, 4) is 11.1 Å². The molecular formula is C27H20ClNS. The molecular weight excluding hydrogens is 406 g/mol. The molecule has 0 saturated carbocycles. The Balaban J connectivity index is 1.62. The van der Waals surface area contributed by atoms with E-state index in [1.165, 1.54) is 11.1 Å². The zero-order valence-electron chi connectivity index (χ0n) is 16.3. The maximum atomic E-state index is 6.09. The fraction of sp³-hybridized carbons (Fsp3) is 0. The first-order valence-electron chi connectivity index (χ1n) is 9.66. The van der Waals surface area contributed by atoms with Crippen molar-refractivity contribution in [1.82, 2.24) is 0 Å². The summed E-state index contributed by atoms with van der Waals surface area (Å²) in [4.78, 5) is 5.97. The van der Waals surface area contributed by atoms with Gasteiger partial charge in [0.2, 0.25) is 0 Å². The second-order valence-corrected chi connectivity index (χ2v) is 8.07. The van der Waals surface area contributed by atoms with E-state index in [1.54, 1.807) is 11.8 Å². The second kappa shape index (κ2) is 10.1. The highest BCUT2D eigenvalue weighted by molar-refractivity contribution is 8.02. The van der Waals surface area contributed by atoms with Gasteiger partial charge in [0.15, 0.2) is 0 Å². The van der Waals surface area contributed by atoms with E-state index in [4.69, 9.17) is 16.6 Å². The van der Waals surface area contributed by atoms with Crippen molar-refractivity contribution in [1.29, 1.82) is 0 Å². The van der Waals surface area contributed by atoms with Crippen LogP contribution in [0.2, 0.25) is 5.02 Å². The van der Waals surface area contributed by atoms with Gasteiger partial charge in [0.1, 0.15) is 0 Å². The van der Waals surface area contributed by atoms with Crippen molar-refractivity contribution in [2.24, 2.45) is 4.99 Å². The first-order chi connectivity index (χ1) is 14.8. The van der Waals surface area contributed by atoms with Crippen molar-refractivity contribution in [2.75, 3.05) is 0 Å². The molecule has 4 rings (SSSR count). The predicted molar refractivity (Wildman–Crippen MR) is 131 cm³/mol. The molecule has 0 atom stereocenters. The lowest BCUT2D eigenvalue weighted by molar-refractivity contribution is 1.47. The maximum Gasteiger partial charge on any atom is 0.0714 e. The summed E-state index contributed by atoms with van der Waals surface area (Å²) >= 11 is 7.72. The van der Waals surface area contributed by atoms with E-state index in [9.17, 15) is 0 Å². The van der Waals surface area contributed by atoms with Crippen LogP contribution in [0.5, 0.6) is 0 Å². The molecule has 0 N–H and O–H groups in total. The van der Waals surface area contributed by atoms with Gasteiger partial charge in [-0.2, -0.15) is 0 Å². The third-order valence-corrected chi connectivity index (χ3v) is 5.55. The van der Waals surface area contributed by atoms with E-state index in [0.29, 0.717) is 0 Å². The number of hydrogen-bond acceptors (Lipinski definition) is 2. The smallest absolute Gasteiger partial charge is 0.0714 e. The van der Waals surface area contributed by atoms with E-state index in [0.717, 1.165) is 26.9 Å². The Morgan fingerprint density at radius 2 is 1.37 bits per heavy atom. The Labute approximate surface area is 186 Å². The molecule has 0 unspecified atom stereocenters. The molecule has 0 radical (unpaired) electrons. The van der Waals surface area contributed by atoms with Gasteiger partial charge in [-0.25, -0.2) is 4.99 Å². The van der Waals surface area contributed by atoms with Gasteiger partial charge in [0, 0.05) is 15.5 Å². The van der Waals surface area contributed by atoms with Gasteiger partial charge in [0.05, 0.1) is 11.4 Å². The Morgan fingerprint density at radius 3 is 2.07 bits per heavy atom. The maximum absolute atomic E-state index is 6.09. The number of benzene rings is 4. The molecule has 0 aliphatic heterocycles. The van der Waals surface area contributed by atoms with E-state index in [1.807, 2.05) is 60.7 Å². The van der Waals surface area contributed by atoms with Gasteiger partial charge in [0.25, 0.3) is 0 Å². The number of para-hydroxylation sites is 1. The molecule has 0 fully saturated rings. The summed E-state index contributed by atoms with van der Waals surface area (Å²) in [6.07, 6.45) is 2.05. The molecule has 1 nitrogen and oxygen atoms in total. The molecule has 30 heavy (non-hydrogen) atoms. The zero-order valence-corrected chi connectivity index (χ0v) is 17.9. The quantitative estimate of drug-likeness (QED) is 0.223. The van der Waals surface area contributed by atoms with Crippen LogP contribution in [0.3, 0.4) is 0 Å². The average Bonchev–Trinajstić information content (AvgIpc) is 2.80. The zero-order chi connectivity index (χ0) is 20.6. The third kappa shape index (κ3) is 5.50. The number of thioether (sulfide) groups is 1. The van der Waals surface area contributed by atoms with Crippen molar-refractivity contribution in [3.63, 3.8) is 0 Å². The van der Waals surface area contributed by atoms with Gasteiger partial charge >= 0.3 is 0 Å². The lowest BCUT2D eigenvalue weighted by Crippen LogP contribution is -1.96. The Morgan fingerprint density at radius 1 is 0.700 bits per heavy atom. The van der Waals surface area contributed by atoms with Gasteiger partial charge in [-0.1, -0.05) is 102 Å².